The summed E-state index contributed by atoms with van der Waals surface area (Å²) in [5.74, 6) is 0.325. The number of benzene rings is 2. The molecule has 0 fully saturated rings. The van der Waals surface area contributed by atoms with Crippen LogP contribution in [-0.4, -0.2) is 38.5 Å². The SMILES string of the molecule is COc1ccc(C)cc1-n1nnnc1SC(C)C(=O)Nc1cc(Cl)c(Cl)cc1Cl. The van der Waals surface area contributed by atoms with Gasteiger partial charge in [-0.2, -0.15) is 4.68 Å². The molecule has 1 atom stereocenters. The summed E-state index contributed by atoms with van der Waals surface area (Å²) in [6.45, 7) is 3.69. The molecule has 3 aromatic rings. The summed E-state index contributed by atoms with van der Waals surface area (Å²) < 4.78 is 6.94. The van der Waals surface area contributed by atoms with Gasteiger partial charge in [-0.25, -0.2) is 0 Å². The molecule has 0 saturated heterocycles. The quantitative estimate of drug-likeness (QED) is 0.399. The number of amides is 1. The Kier molecular flexibility index (Phi) is 6.89. The summed E-state index contributed by atoms with van der Waals surface area (Å²) in [5.41, 5.74) is 2.07. The predicted octanol–water partition coefficient (Wildman–Crippen LogP) is 5.06. The van der Waals surface area contributed by atoms with Crippen LogP contribution in [0.5, 0.6) is 5.75 Å². The third-order valence-electron chi connectivity index (χ3n) is 3.92. The van der Waals surface area contributed by atoms with Gasteiger partial charge in [0.1, 0.15) is 11.4 Å². The Hall–Kier alpha value is -2.00. The number of aromatic nitrogens is 4. The summed E-state index contributed by atoms with van der Waals surface area (Å²) in [6, 6.07) is 8.64. The van der Waals surface area contributed by atoms with Crippen molar-refractivity contribution in [2.75, 3.05) is 12.4 Å². The maximum atomic E-state index is 12.6. The average Bonchev–Trinajstić information content (AvgIpc) is 3.13. The lowest BCUT2D eigenvalue weighted by Crippen LogP contribution is -2.23. The molecule has 152 valence electrons. The molecule has 0 bridgehead atoms. The van der Waals surface area contributed by atoms with Crippen LogP contribution in [0.25, 0.3) is 5.69 Å². The van der Waals surface area contributed by atoms with Gasteiger partial charge < -0.3 is 10.1 Å². The van der Waals surface area contributed by atoms with Crippen molar-refractivity contribution < 1.29 is 9.53 Å². The first-order valence-electron chi connectivity index (χ1n) is 8.35. The fourth-order valence-corrected chi connectivity index (χ4v) is 3.83. The summed E-state index contributed by atoms with van der Waals surface area (Å²) in [7, 11) is 1.57. The number of ether oxygens (including phenoxy) is 1. The van der Waals surface area contributed by atoms with E-state index < -0.39 is 5.25 Å². The normalized spacial score (nSPS) is 11.9. The molecule has 0 aliphatic rings. The van der Waals surface area contributed by atoms with E-state index in [1.54, 1.807) is 14.0 Å². The molecule has 7 nitrogen and oxygen atoms in total. The average molecular weight is 473 g/mol. The minimum absolute atomic E-state index is 0.291. The van der Waals surface area contributed by atoms with Crippen LogP contribution in [0.1, 0.15) is 12.5 Å². The van der Waals surface area contributed by atoms with Gasteiger partial charge in [-0.15, -0.1) is 5.10 Å². The molecule has 0 aliphatic carbocycles. The summed E-state index contributed by atoms with van der Waals surface area (Å²) in [6.07, 6.45) is 0. The molecule has 0 saturated carbocycles. The standard InChI is InChI=1S/C18H16Cl3N5O2S/c1-9-4-5-16(28-3)15(6-9)26-18(23-24-25-26)29-10(2)17(27)22-14-8-12(20)11(19)7-13(14)21/h4-8,10H,1-3H3,(H,22,27). The van der Waals surface area contributed by atoms with Crippen LogP contribution in [0.4, 0.5) is 5.69 Å². The van der Waals surface area contributed by atoms with Gasteiger partial charge in [-0.1, -0.05) is 52.6 Å². The molecule has 0 aliphatic heterocycles. The maximum Gasteiger partial charge on any atom is 0.237 e. The lowest BCUT2D eigenvalue weighted by Gasteiger charge is -2.14. The number of rotatable bonds is 6. The van der Waals surface area contributed by atoms with Gasteiger partial charge >= 0.3 is 0 Å². The highest BCUT2D eigenvalue weighted by molar-refractivity contribution is 8.00. The van der Waals surface area contributed by atoms with Crippen molar-refractivity contribution >= 4 is 58.2 Å². The highest BCUT2D eigenvalue weighted by Gasteiger charge is 2.22. The van der Waals surface area contributed by atoms with E-state index in [1.165, 1.54) is 28.6 Å². The van der Waals surface area contributed by atoms with Gasteiger partial charge in [-0.3, -0.25) is 4.79 Å². The fraction of sp³-hybridized carbons (Fsp3) is 0.222. The van der Waals surface area contributed by atoms with Gasteiger partial charge in [0.2, 0.25) is 11.1 Å². The number of thioether (sulfide) groups is 1. The topological polar surface area (TPSA) is 81.9 Å². The number of carbonyl (C=O) groups excluding carboxylic acids is 1. The first-order valence-corrected chi connectivity index (χ1v) is 10.4. The first kappa shape index (κ1) is 21.7. The number of nitrogens with one attached hydrogen (secondary N) is 1. The van der Waals surface area contributed by atoms with Crippen LogP contribution >= 0.6 is 46.6 Å². The van der Waals surface area contributed by atoms with E-state index in [2.05, 4.69) is 20.8 Å². The van der Waals surface area contributed by atoms with E-state index in [1.807, 2.05) is 25.1 Å². The molecule has 1 amide bonds. The lowest BCUT2D eigenvalue weighted by atomic mass is 10.2. The van der Waals surface area contributed by atoms with Crippen LogP contribution in [0.2, 0.25) is 15.1 Å². The summed E-state index contributed by atoms with van der Waals surface area (Å²) in [5, 5.41) is 15.4. The molecule has 11 heteroatoms. The molecule has 1 N–H and O–H groups in total. The highest BCUT2D eigenvalue weighted by atomic mass is 35.5. The number of methoxy groups -OCH3 is 1. The minimum atomic E-state index is -0.527. The second kappa shape index (κ2) is 9.21. The number of hydrogen-bond donors (Lipinski definition) is 1. The Bertz CT molecular complexity index is 1060. The van der Waals surface area contributed by atoms with Crippen molar-refractivity contribution in [3.05, 3.63) is 51.0 Å². The number of aryl methyl sites for hydroxylation is 1. The second-order valence-corrected chi connectivity index (χ2v) is 8.57. The maximum absolute atomic E-state index is 12.6. The van der Waals surface area contributed by atoms with Gasteiger partial charge in [0.15, 0.2) is 0 Å². The van der Waals surface area contributed by atoms with E-state index in [4.69, 9.17) is 39.5 Å². The van der Waals surface area contributed by atoms with Crippen LogP contribution < -0.4 is 10.1 Å². The minimum Gasteiger partial charge on any atom is -0.494 e. The first-order chi connectivity index (χ1) is 13.8. The largest absolute Gasteiger partial charge is 0.494 e. The van der Waals surface area contributed by atoms with Crippen molar-refractivity contribution in [1.82, 2.24) is 20.2 Å². The Morgan fingerprint density at radius 2 is 1.90 bits per heavy atom. The Labute approximate surface area is 186 Å². The second-order valence-electron chi connectivity index (χ2n) is 6.04. The van der Waals surface area contributed by atoms with Crippen molar-refractivity contribution in [1.29, 1.82) is 0 Å². The van der Waals surface area contributed by atoms with Crippen LogP contribution in [0, 0.1) is 6.92 Å². The molecular weight excluding hydrogens is 457 g/mol. The number of anilines is 1. The van der Waals surface area contributed by atoms with Crippen molar-refractivity contribution in [3.8, 4) is 11.4 Å². The zero-order valence-corrected chi connectivity index (χ0v) is 18.7. The zero-order chi connectivity index (χ0) is 21.1. The molecule has 0 spiro atoms. The van der Waals surface area contributed by atoms with E-state index in [-0.39, 0.29) is 5.91 Å². The van der Waals surface area contributed by atoms with Crippen LogP contribution in [0.3, 0.4) is 0 Å². The third-order valence-corrected chi connectivity index (χ3v) is 5.99. The number of halogens is 3. The van der Waals surface area contributed by atoms with Crippen molar-refractivity contribution in [2.45, 2.75) is 24.3 Å². The number of hydrogen-bond acceptors (Lipinski definition) is 6. The van der Waals surface area contributed by atoms with Gasteiger partial charge in [-0.05, 0) is 54.1 Å². The van der Waals surface area contributed by atoms with E-state index in [0.29, 0.717) is 37.3 Å². The fourth-order valence-electron chi connectivity index (χ4n) is 2.43. The monoisotopic (exact) mass is 471 g/mol. The summed E-state index contributed by atoms with van der Waals surface area (Å²) in [4.78, 5) is 12.6. The number of carbonyl (C=O) groups is 1. The molecule has 1 aromatic heterocycles. The van der Waals surface area contributed by atoms with Crippen LogP contribution in [-0.2, 0) is 4.79 Å². The van der Waals surface area contributed by atoms with E-state index in [9.17, 15) is 4.79 Å². The molecule has 29 heavy (non-hydrogen) atoms. The lowest BCUT2D eigenvalue weighted by molar-refractivity contribution is -0.115. The molecule has 2 aromatic carbocycles. The predicted molar refractivity (Wildman–Crippen MR) is 116 cm³/mol. The molecular formula is C18H16Cl3N5O2S. The molecule has 0 radical (unpaired) electrons. The number of tetrazole rings is 1. The van der Waals surface area contributed by atoms with Gasteiger partial charge in [0.05, 0.1) is 33.1 Å². The third kappa shape index (κ3) is 4.95. The van der Waals surface area contributed by atoms with Gasteiger partial charge in [0, 0.05) is 0 Å². The van der Waals surface area contributed by atoms with Gasteiger partial charge in [0.25, 0.3) is 0 Å². The van der Waals surface area contributed by atoms with Crippen molar-refractivity contribution in [3.63, 3.8) is 0 Å². The van der Waals surface area contributed by atoms with Crippen LogP contribution in [0.15, 0.2) is 35.5 Å². The number of nitrogens with zero attached hydrogens (tertiary/aromatic N) is 4. The molecule has 1 unspecified atom stereocenters. The van der Waals surface area contributed by atoms with E-state index in [0.717, 1.165) is 5.56 Å². The Morgan fingerprint density at radius 1 is 1.17 bits per heavy atom. The molecule has 1 heterocycles. The smallest absolute Gasteiger partial charge is 0.237 e. The zero-order valence-electron chi connectivity index (χ0n) is 15.6. The molecule has 3 rings (SSSR count). The highest BCUT2D eigenvalue weighted by Crippen LogP contribution is 2.33. The Balaban J connectivity index is 1.80. The summed E-state index contributed by atoms with van der Waals surface area (Å²) >= 11 is 19.3. The Morgan fingerprint density at radius 3 is 2.62 bits per heavy atom. The van der Waals surface area contributed by atoms with E-state index >= 15 is 0 Å². The van der Waals surface area contributed by atoms with Crippen molar-refractivity contribution in [2.24, 2.45) is 0 Å².